The number of rotatable bonds is 5. The summed E-state index contributed by atoms with van der Waals surface area (Å²) in [6.45, 7) is 8.62. The largest absolute Gasteiger partial charge is 0.344 e. The Morgan fingerprint density at radius 2 is 1.89 bits per heavy atom. The maximum atomic E-state index is 13.0. The molecule has 0 saturated carbocycles. The Hall–Kier alpha value is -2.66. The first-order valence-electron chi connectivity index (χ1n) is 9.42. The van der Waals surface area contributed by atoms with Gasteiger partial charge in [-0.2, -0.15) is 5.10 Å². The van der Waals surface area contributed by atoms with E-state index in [2.05, 4.69) is 55.5 Å². The van der Waals surface area contributed by atoms with Gasteiger partial charge in [0.25, 0.3) is 5.91 Å². The van der Waals surface area contributed by atoms with E-state index >= 15 is 0 Å². The zero-order valence-corrected chi connectivity index (χ0v) is 16.5. The van der Waals surface area contributed by atoms with Crippen molar-refractivity contribution in [3.8, 4) is 0 Å². The lowest BCUT2D eigenvalue weighted by Crippen LogP contribution is -2.34. The molecule has 1 unspecified atom stereocenters. The van der Waals surface area contributed by atoms with Crippen molar-refractivity contribution in [3.05, 3.63) is 65.5 Å². The molecule has 5 nitrogen and oxygen atoms in total. The Balaban J connectivity index is 1.88. The van der Waals surface area contributed by atoms with Crippen LogP contribution in [0, 0.1) is 0 Å². The van der Waals surface area contributed by atoms with Gasteiger partial charge in [-0.1, -0.05) is 43.3 Å². The zero-order valence-electron chi connectivity index (χ0n) is 16.5. The van der Waals surface area contributed by atoms with E-state index in [9.17, 15) is 4.79 Å². The fraction of sp³-hybridized carbons (Fsp3) is 0.364. The number of nitrogens with two attached hydrogens (primary N) is 1. The minimum atomic E-state index is -0.246. The smallest absolute Gasteiger partial charge is 0.255 e. The number of hydrogen-bond donors (Lipinski definition) is 2. The summed E-state index contributed by atoms with van der Waals surface area (Å²) in [5, 5.41) is 9.84. The molecule has 0 saturated heterocycles. The third kappa shape index (κ3) is 3.88. The summed E-state index contributed by atoms with van der Waals surface area (Å²) < 4.78 is 1.93. The van der Waals surface area contributed by atoms with Gasteiger partial charge in [0, 0.05) is 6.54 Å². The van der Waals surface area contributed by atoms with Crippen molar-refractivity contribution < 1.29 is 4.79 Å². The van der Waals surface area contributed by atoms with Crippen molar-refractivity contribution >= 4 is 16.7 Å². The lowest BCUT2D eigenvalue weighted by molar-refractivity contribution is 0.0936. The Morgan fingerprint density at radius 1 is 1.19 bits per heavy atom. The van der Waals surface area contributed by atoms with E-state index in [1.54, 1.807) is 6.20 Å². The molecule has 0 bridgehead atoms. The molecule has 0 fully saturated rings. The minimum absolute atomic E-state index is 0.133. The molecule has 0 aliphatic carbocycles. The number of amides is 1. The molecule has 1 atom stereocenters. The molecular weight excluding hydrogens is 336 g/mol. The quantitative estimate of drug-likeness (QED) is 0.723. The van der Waals surface area contributed by atoms with Crippen LogP contribution in [0.15, 0.2) is 48.7 Å². The molecule has 0 aliphatic rings. The van der Waals surface area contributed by atoms with E-state index in [4.69, 9.17) is 5.73 Å². The summed E-state index contributed by atoms with van der Waals surface area (Å²) in [4.78, 5) is 13.0. The van der Waals surface area contributed by atoms with Gasteiger partial charge in [-0.3, -0.25) is 9.48 Å². The molecule has 3 aromatic rings. The first-order valence-corrected chi connectivity index (χ1v) is 9.42. The first kappa shape index (κ1) is 19.1. The molecule has 3 rings (SSSR count). The second-order valence-electron chi connectivity index (χ2n) is 7.81. The van der Waals surface area contributed by atoms with Crippen LogP contribution in [0.2, 0.25) is 0 Å². The fourth-order valence-electron chi connectivity index (χ4n) is 3.42. The van der Waals surface area contributed by atoms with Gasteiger partial charge in [-0.05, 0) is 49.6 Å². The van der Waals surface area contributed by atoms with E-state index in [0.717, 1.165) is 23.1 Å². The van der Waals surface area contributed by atoms with Crippen molar-refractivity contribution in [2.75, 3.05) is 6.54 Å². The standard InChI is InChI=1S/C22H28N4O/c1-5-20-18(14-24-26(20)22(2,3)4)21(27)25-19(13-23)17-11-10-15-8-6-7-9-16(15)12-17/h6-12,14,19H,5,13,23H2,1-4H3,(H,25,27). The van der Waals surface area contributed by atoms with Crippen molar-refractivity contribution in [2.24, 2.45) is 5.73 Å². The molecule has 2 aromatic carbocycles. The molecule has 1 amide bonds. The summed E-state index contributed by atoms with van der Waals surface area (Å²) in [7, 11) is 0. The minimum Gasteiger partial charge on any atom is -0.344 e. The van der Waals surface area contributed by atoms with Crippen LogP contribution in [0.5, 0.6) is 0 Å². The van der Waals surface area contributed by atoms with E-state index < -0.39 is 0 Å². The van der Waals surface area contributed by atoms with Gasteiger partial charge in [0.05, 0.1) is 29.0 Å². The Morgan fingerprint density at radius 3 is 2.52 bits per heavy atom. The molecule has 1 aromatic heterocycles. The molecule has 3 N–H and O–H groups in total. The lowest BCUT2D eigenvalue weighted by atomic mass is 10.0. The van der Waals surface area contributed by atoms with Gasteiger partial charge in [0.2, 0.25) is 0 Å². The molecule has 1 heterocycles. The van der Waals surface area contributed by atoms with Crippen LogP contribution < -0.4 is 11.1 Å². The Kier molecular flexibility index (Phi) is 5.33. The van der Waals surface area contributed by atoms with E-state index in [1.807, 2.05) is 29.8 Å². The molecular formula is C22H28N4O. The van der Waals surface area contributed by atoms with Crippen LogP contribution in [-0.4, -0.2) is 22.2 Å². The SMILES string of the molecule is CCc1c(C(=O)NC(CN)c2ccc3ccccc3c2)cnn1C(C)(C)C. The average Bonchev–Trinajstić information content (AvgIpc) is 3.10. The molecule has 27 heavy (non-hydrogen) atoms. The molecule has 142 valence electrons. The predicted molar refractivity (Wildman–Crippen MR) is 110 cm³/mol. The van der Waals surface area contributed by atoms with Crippen LogP contribution in [0.1, 0.15) is 55.4 Å². The zero-order chi connectivity index (χ0) is 19.6. The number of nitrogens with zero attached hydrogens (tertiary/aromatic N) is 2. The summed E-state index contributed by atoms with van der Waals surface area (Å²) in [6.07, 6.45) is 2.40. The number of carbonyl (C=O) groups is 1. The van der Waals surface area contributed by atoms with Gasteiger partial charge in [0.15, 0.2) is 0 Å². The van der Waals surface area contributed by atoms with E-state index in [1.165, 1.54) is 5.39 Å². The van der Waals surface area contributed by atoms with Crippen LogP contribution in [0.3, 0.4) is 0 Å². The number of benzene rings is 2. The molecule has 5 heteroatoms. The van der Waals surface area contributed by atoms with Crippen LogP contribution in [0.25, 0.3) is 10.8 Å². The van der Waals surface area contributed by atoms with Gasteiger partial charge >= 0.3 is 0 Å². The third-order valence-corrected chi connectivity index (χ3v) is 4.80. The van der Waals surface area contributed by atoms with Gasteiger partial charge < -0.3 is 11.1 Å². The Labute approximate surface area is 160 Å². The van der Waals surface area contributed by atoms with Crippen molar-refractivity contribution in [3.63, 3.8) is 0 Å². The number of nitrogens with one attached hydrogen (secondary N) is 1. The second-order valence-corrected chi connectivity index (χ2v) is 7.81. The number of aromatic nitrogens is 2. The maximum Gasteiger partial charge on any atom is 0.255 e. The molecule has 0 aliphatic heterocycles. The van der Waals surface area contributed by atoms with Crippen LogP contribution >= 0.6 is 0 Å². The number of fused-ring (bicyclic) bond motifs is 1. The third-order valence-electron chi connectivity index (χ3n) is 4.80. The summed E-state index contributed by atoms with van der Waals surface area (Å²) in [5.74, 6) is -0.133. The monoisotopic (exact) mass is 364 g/mol. The summed E-state index contributed by atoms with van der Waals surface area (Å²) in [5.41, 5.74) is 8.38. The Bertz CT molecular complexity index is 952. The number of hydrogen-bond acceptors (Lipinski definition) is 3. The highest BCUT2D eigenvalue weighted by Crippen LogP contribution is 2.22. The maximum absolute atomic E-state index is 13.0. The fourth-order valence-corrected chi connectivity index (χ4v) is 3.42. The van der Waals surface area contributed by atoms with Gasteiger partial charge in [-0.15, -0.1) is 0 Å². The summed E-state index contributed by atoms with van der Waals surface area (Å²) in [6, 6.07) is 14.1. The van der Waals surface area contributed by atoms with E-state index in [-0.39, 0.29) is 17.5 Å². The van der Waals surface area contributed by atoms with Crippen LogP contribution in [0.4, 0.5) is 0 Å². The second kappa shape index (κ2) is 7.53. The first-order chi connectivity index (χ1) is 12.8. The number of carbonyl (C=O) groups excluding carboxylic acids is 1. The van der Waals surface area contributed by atoms with Gasteiger partial charge in [-0.25, -0.2) is 0 Å². The summed E-state index contributed by atoms with van der Waals surface area (Å²) >= 11 is 0. The van der Waals surface area contributed by atoms with Gasteiger partial charge in [0.1, 0.15) is 0 Å². The topological polar surface area (TPSA) is 72.9 Å². The molecule has 0 radical (unpaired) electrons. The highest BCUT2D eigenvalue weighted by Gasteiger charge is 2.24. The highest BCUT2D eigenvalue weighted by atomic mass is 16.1. The van der Waals surface area contributed by atoms with Crippen molar-refractivity contribution in [2.45, 2.75) is 45.7 Å². The predicted octanol–water partition coefficient (Wildman–Crippen LogP) is 3.78. The van der Waals surface area contributed by atoms with Crippen LogP contribution in [-0.2, 0) is 12.0 Å². The normalized spacial score (nSPS) is 12.9. The van der Waals surface area contributed by atoms with Crippen molar-refractivity contribution in [1.29, 1.82) is 0 Å². The highest BCUT2D eigenvalue weighted by molar-refractivity contribution is 5.95. The van der Waals surface area contributed by atoms with E-state index in [0.29, 0.717) is 12.1 Å². The van der Waals surface area contributed by atoms with Crippen molar-refractivity contribution in [1.82, 2.24) is 15.1 Å². The lowest BCUT2D eigenvalue weighted by Gasteiger charge is -2.23. The molecule has 0 spiro atoms. The average molecular weight is 364 g/mol.